The minimum atomic E-state index is 0.368. The quantitative estimate of drug-likeness (QED) is 0.804. The second-order valence-electron chi connectivity index (χ2n) is 3.79. The van der Waals surface area contributed by atoms with Crippen molar-refractivity contribution in [3.63, 3.8) is 0 Å². The fourth-order valence-electron chi connectivity index (χ4n) is 1.55. The van der Waals surface area contributed by atoms with Gasteiger partial charge in [-0.2, -0.15) is 14.9 Å². The van der Waals surface area contributed by atoms with E-state index in [1.807, 2.05) is 6.07 Å². The van der Waals surface area contributed by atoms with Crippen LogP contribution in [-0.2, 0) is 0 Å². The van der Waals surface area contributed by atoms with E-state index < -0.39 is 0 Å². The number of aromatic nitrogens is 3. The Labute approximate surface area is 96.7 Å². The summed E-state index contributed by atoms with van der Waals surface area (Å²) in [6.07, 6.45) is 3.82. The Morgan fingerprint density at radius 3 is 3.06 bits per heavy atom. The van der Waals surface area contributed by atoms with Crippen molar-refractivity contribution in [2.75, 3.05) is 5.32 Å². The number of halogens is 1. The van der Waals surface area contributed by atoms with Crippen molar-refractivity contribution >= 4 is 23.1 Å². The monoisotopic (exact) mass is 233 g/mol. The first-order chi connectivity index (χ1) is 7.78. The van der Waals surface area contributed by atoms with Gasteiger partial charge in [0.05, 0.1) is 6.20 Å². The van der Waals surface area contributed by atoms with E-state index in [9.17, 15) is 0 Å². The lowest BCUT2D eigenvalue weighted by Crippen LogP contribution is -2.07. The Hall–Kier alpha value is -1.80. The average Bonchev–Trinajstić information content (AvgIpc) is 2.96. The molecule has 0 atom stereocenters. The summed E-state index contributed by atoms with van der Waals surface area (Å²) in [4.78, 5) is 4.10. The zero-order chi connectivity index (χ0) is 11.1. The van der Waals surface area contributed by atoms with E-state index in [0.29, 0.717) is 22.4 Å². The first kappa shape index (κ1) is 9.43. The molecule has 0 amide bonds. The van der Waals surface area contributed by atoms with E-state index in [-0.39, 0.29) is 0 Å². The first-order valence-electron chi connectivity index (χ1n) is 4.99. The maximum absolute atomic E-state index is 8.89. The summed E-state index contributed by atoms with van der Waals surface area (Å²) in [5.41, 5.74) is 0.930. The number of hydrogen-bond donors (Lipinski definition) is 1. The minimum absolute atomic E-state index is 0.368. The highest BCUT2D eigenvalue weighted by Crippen LogP contribution is 2.26. The van der Waals surface area contributed by atoms with Crippen molar-refractivity contribution < 1.29 is 0 Å². The average molecular weight is 234 g/mol. The molecular formula is C10H8ClN5. The molecule has 1 fully saturated rings. The molecule has 80 valence electrons. The molecule has 5 nitrogen and oxygen atoms in total. The van der Waals surface area contributed by atoms with Crippen LogP contribution < -0.4 is 5.32 Å². The number of nitrogens with zero attached hydrogens (tertiary/aromatic N) is 4. The van der Waals surface area contributed by atoms with Crippen LogP contribution in [0.4, 0.5) is 5.82 Å². The molecule has 1 aliphatic carbocycles. The minimum Gasteiger partial charge on any atom is -0.367 e. The third kappa shape index (κ3) is 1.48. The van der Waals surface area contributed by atoms with Gasteiger partial charge < -0.3 is 5.32 Å². The zero-order valence-electron chi connectivity index (χ0n) is 8.31. The van der Waals surface area contributed by atoms with Crippen LogP contribution in [0.2, 0.25) is 5.15 Å². The number of nitrogens with one attached hydrogen (secondary N) is 1. The normalized spacial score (nSPS) is 15.0. The molecular weight excluding hydrogens is 226 g/mol. The number of nitriles is 1. The van der Waals surface area contributed by atoms with Gasteiger partial charge in [-0.25, -0.2) is 4.98 Å². The lowest BCUT2D eigenvalue weighted by Gasteiger charge is -2.06. The molecule has 2 heterocycles. The van der Waals surface area contributed by atoms with Crippen molar-refractivity contribution in [1.82, 2.24) is 14.6 Å². The Bertz CT molecular complexity index is 593. The fourth-order valence-corrected chi connectivity index (χ4v) is 1.74. The van der Waals surface area contributed by atoms with Crippen LogP contribution in [0.15, 0.2) is 12.3 Å². The van der Waals surface area contributed by atoms with Gasteiger partial charge in [0, 0.05) is 12.1 Å². The Balaban J connectivity index is 2.18. The van der Waals surface area contributed by atoms with Gasteiger partial charge >= 0.3 is 0 Å². The van der Waals surface area contributed by atoms with Gasteiger partial charge in [-0.3, -0.25) is 0 Å². The van der Waals surface area contributed by atoms with Gasteiger partial charge in [-0.05, 0) is 12.8 Å². The van der Waals surface area contributed by atoms with Gasteiger partial charge in [-0.1, -0.05) is 11.6 Å². The molecule has 16 heavy (non-hydrogen) atoms. The summed E-state index contributed by atoms with van der Waals surface area (Å²) in [6.45, 7) is 0. The molecule has 0 unspecified atom stereocenters. The molecule has 0 radical (unpaired) electrons. The molecule has 0 bridgehead atoms. The van der Waals surface area contributed by atoms with Crippen LogP contribution in [0.5, 0.6) is 0 Å². The van der Waals surface area contributed by atoms with Crippen LogP contribution in [0, 0.1) is 11.3 Å². The summed E-state index contributed by atoms with van der Waals surface area (Å²) in [5.74, 6) is 0.791. The van der Waals surface area contributed by atoms with Gasteiger partial charge in [0.15, 0.2) is 5.65 Å². The predicted octanol–water partition coefficient (Wildman–Crippen LogP) is 1.83. The SMILES string of the molecule is N#Cc1cnn2c(NC3CC3)cc(Cl)nc12. The summed E-state index contributed by atoms with van der Waals surface area (Å²) >= 11 is 5.91. The van der Waals surface area contributed by atoms with Crippen LogP contribution in [-0.4, -0.2) is 20.6 Å². The predicted molar refractivity (Wildman–Crippen MR) is 59.4 cm³/mol. The van der Waals surface area contributed by atoms with E-state index in [1.54, 1.807) is 10.6 Å². The molecule has 6 heteroatoms. The Kier molecular flexibility index (Phi) is 1.98. The lowest BCUT2D eigenvalue weighted by atomic mass is 10.4. The summed E-state index contributed by atoms with van der Waals surface area (Å²) in [7, 11) is 0. The van der Waals surface area contributed by atoms with Crippen LogP contribution >= 0.6 is 11.6 Å². The fraction of sp³-hybridized carbons (Fsp3) is 0.300. The zero-order valence-corrected chi connectivity index (χ0v) is 9.07. The van der Waals surface area contributed by atoms with E-state index in [1.165, 1.54) is 6.20 Å². The van der Waals surface area contributed by atoms with Gasteiger partial charge in [-0.15, -0.1) is 0 Å². The molecule has 1 aliphatic rings. The molecule has 0 spiro atoms. The topological polar surface area (TPSA) is 66.0 Å². The van der Waals surface area contributed by atoms with Crippen LogP contribution in [0.3, 0.4) is 0 Å². The summed E-state index contributed by atoms with van der Waals surface area (Å²) < 4.78 is 1.61. The number of anilines is 1. The highest BCUT2D eigenvalue weighted by atomic mass is 35.5. The Morgan fingerprint density at radius 1 is 1.56 bits per heavy atom. The maximum atomic E-state index is 8.89. The summed E-state index contributed by atoms with van der Waals surface area (Å²) in [6, 6.07) is 4.26. The number of hydrogen-bond acceptors (Lipinski definition) is 4. The largest absolute Gasteiger partial charge is 0.367 e. The highest BCUT2D eigenvalue weighted by Gasteiger charge is 2.22. The highest BCUT2D eigenvalue weighted by molar-refractivity contribution is 6.29. The number of fused-ring (bicyclic) bond motifs is 1. The third-order valence-corrected chi connectivity index (χ3v) is 2.68. The second-order valence-corrected chi connectivity index (χ2v) is 4.18. The van der Waals surface area contributed by atoms with Crippen LogP contribution in [0.1, 0.15) is 18.4 Å². The van der Waals surface area contributed by atoms with E-state index in [2.05, 4.69) is 15.4 Å². The molecule has 1 N–H and O–H groups in total. The molecule has 1 saturated carbocycles. The molecule has 0 saturated heterocycles. The van der Waals surface area contributed by atoms with E-state index in [4.69, 9.17) is 16.9 Å². The van der Waals surface area contributed by atoms with Crippen molar-refractivity contribution in [3.8, 4) is 6.07 Å². The maximum Gasteiger partial charge on any atom is 0.176 e. The lowest BCUT2D eigenvalue weighted by molar-refractivity contribution is 0.924. The van der Waals surface area contributed by atoms with Crippen molar-refractivity contribution in [1.29, 1.82) is 5.26 Å². The van der Waals surface area contributed by atoms with Crippen molar-refractivity contribution in [2.24, 2.45) is 0 Å². The van der Waals surface area contributed by atoms with Gasteiger partial charge in [0.25, 0.3) is 0 Å². The van der Waals surface area contributed by atoms with Crippen LogP contribution in [0.25, 0.3) is 5.65 Å². The summed E-state index contributed by atoms with van der Waals surface area (Å²) in [5, 5.41) is 16.7. The molecule has 0 aromatic carbocycles. The van der Waals surface area contributed by atoms with E-state index in [0.717, 1.165) is 18.7 Å². The Morgan fingerprint density at radius 2 is 2.38 bits per heavy atom. The molecule has 3 rings (SSSR count). The van der Waals surface area contributed by atoms with Crippen molar-refractivity contribution in [3.05, 3.63) is 23.0 Å². The smallest absolute Gasteiger partial charge is 0.176 e. The first-order valence-corrected chi connectivity index (χ1v) is 5.36. The third-order valence-electron chi connectivity index (χ3n) is 2.49. The second kappa shape index (κ2) is 3.35. The number of rotatable bonds is 2. The van der Waals surface area contributed by atoms with Crippen molar-refractivity contribution in [2.45, 2.75) is 18.9 Å². The van der Waals surface area contributed by atoms with Gasteiger partial charge in [0.1, 0.15) is 22.6 Å². The molecule has 2 aromatic rings. The molecule has 0 aliphatic heterocycles. The standard InChI is InChI=1S/C10H8ClN5/c11-8-3-9(14-7-1-2-7)16-10(15-8)6(4-12)5-13-16/h3,5,7,14H,1-2H2. The molecule has 2 aromatic heterocycles. The van der Waals surface area contributed by atoms with E-state index >= 15 is 0 Å². The van der Waals surface area contributed by atoms with Gasteiger partial charge in [0.2, 0.25) is 0 Å².